The fourth-order valence-corrected chi connectivity index (χ4v) is 2.53. The third-order valence-electron chi connectivity index (χ3n) is 3.04. The van der Waals surface area contributed by atoms with Gasteiger partial charge in [0.25, 0.3) is 0 Å². The molecule has 0 aliphatic carbocycles. The first-order valence-corrected chi connectivity index (χ1v) is 6.04. The topological polar surface area (TPSA) is 12.0 Å². The van der Waals surface area contributed by atoms with Crippen LogP contribution in [0.5, 0.6) is 0 Å². The Morgan fingerprint density at radius 1 is 1.33 bits per heavy atom. The fourth-order valence-electron chi connectivity index (χ4n) is 2.21. The Morgan fingerprint density at radius 2 is 2.13 bits per heavy atom. The molecular weight excluding hydrogens is 229 g/mol. The number of halogens is 2. The SMILES string of the molecule is C[C@@]1(Cc2ccc(Cl)c(Cl)c2)CCCN1. The number of rotatable bonds is 2. The Bertz CT molecular complexity index is 357. The number of nitrogens with one attached hydrogen (secondary N) is 1. The van der Waals surface area contributed by atoms with E-state index < -0.39 is 0 Å². The summed E-state index contributed by atoms with van der Waals surface area (Å²) in [5, 5.41) is 4.82. The van der Waals surface area contributed by atoms with Crippen molar-refractivity contribution in [3.63, 3.8) is 0 Å². The molecule has 1 aromatic rings. The van der Waals surface area contributed by atoms with Crippen molar-refractivity contribution in [1.82, 2.24) is 5.32 Å². The molecule has 2 rings (SSSR count). The first-order valence-electron chi connectivity index (χ1n) is 5.28. The van der Waals surface area contributed by atoms with Crippen LogP contribution in [0.1, 0.15) is 25.3 Å². The molecule has 0 saturated carbocycles. The Kier molecular flexibility index (Phi) is 3.24. The van der Waals surface area contributed by atoms with Crippen molar-refractivity contribution < 1.29 is 0 Å². The van der Waals surface area contributed by atoms with Crippen LogP contribution in [0.3, 0.4) is 0 Å². The summed E-state index contributed by atoms with van der Waals surface area (Å²) in [5.41, 5.74) is 1.48. The summed E-state index contributed by atoms with van der Waals surface area (Å²) in [5.74, 6) is 0. The van der Waals surface area contributed by atoms with Crippen molar-refractivity contribution in [3.8, 4) is 0 Å². The molecule has 0 radical (unpaired) electrons. The van der Waals surface area contributed by atoms with Gasteiger partial charge in [-0.05, 0) is 50.4 Å². The number of benzene rings is 1. The van der Waals surface area contributed by atoms with Gasteiger partial charge in [0.2, 0.25) is 0 Å². The molecule has 0 bridgehead atoms. The smallest absolute Gasteiger partial charge is 0.0595 e. The summed E-state index contributed by atoms with van der Waals surface area (Å²) in [6.07, 6.45) is 3.51. The maximum atomic E-state index is 5.99. The van der Waals surface area contributed by atoms with Gasteiger partial charge >= 0.3 is 0 Å². The van der Waals surface area contributed by atoms with Gasteiger partial charge in [-0.15, -0.1) is 0 Å². The van der Waals surface area contributed by atoms with Gasteiger partial charge in [-0.1, -0.05) is 29.3 Å². The molecule has 0 aromatic heterocycles. The van der Waals surface area contributed by atoms with Crippen molar-refractivity contribution in [1.29, 1.82) is 0 Å². The van der Waals surface area contributed by atoms with Gasteiger partial charge in [0, 0.05) is 5.54 Å². The van der Waals surface area contributed by atoms with Gasteiger partial charge in [-0.3, -0.25) is 0 Å². The van der Waals surface area contributed by atoms with Crippen molar-refractivity contribution >= 4 is 23.2 Å². The zero-order chi connectivity index (χ0) is 10.9. The van der Waals surface area contributed by atoms with Crippen LogP contribution in [0.15, 0.2) is 18.2 Å². The van der Waals surface area contributed by atoms with E-state index in [0.29, 0.717) is 10.0 Å². The molecular formula is C12H15Cl2N. The Labute approximate surface area is 101 Å². The molecule has 1 heterocycles. The number of hydrogen-bond donors (Lipinski definition) is 1. The van der Waals surface area contributed by atoms with Gasteiger partial charge in [0.1, 0.15) is 0 Å². The van der Waals surface area contributed by atoms with Gasteiger partial charge in [0.05, 0.1) is 10.0 Å². The van der Waals surface area contributed by atoms with Crippen LogP contribution in [0.4, 0.5) is 0 Å². The first kappa shape index (κ1) is 11.3. The molecule has 1 aromatic carbocycles. The molecule has 15 heavy (non-hydrogen) atoms. The average Bonchev–Trinajstić information content (AvgIpc) is 2.59. The van der Waals surface area contributed by atoms with E-state index in [1.807, 2.05) is 12.1 Å². The Balaban J connectivity index is 2.13. The lowest BCUT2D eigenvalue weighted by atomic mass is 9.91. The summed E-state index contributed by atoms with van der Waals surface area (Å²) in [6.45, 7) is 3.39. The molecule has 1 aliphatic rings. The standard InChI is InChI=1S/C12H15Cl2N/c1-12(5-2-6-15-12)8-9-3-4-10(13)11(14)7-9/h3-4,7,15H,2,5-6,8H2,1H3/t12-/m0/s1. The zero-order valence-corrected chi connectivity index (χ0v) is 10.3. The predicted octanol–water partition coefficient (Wildman–Crippen LogP) is 3.68. The summed E-state index contributed by atoms with van der Waals surface area (Å²) in [6, 6.07) is 5.89. The molecule has 1 fully saturated rings. The zero-order valence-electron chi connectivity index (χ0n) is 8.82. The minimum Gasteiger partial charge on any atom is -0.311 e. The fraction of sp³-hybridized carbons (Fsp3) is 0.500. The number of hydrogen-bond acceptors (Lipinski definition) is 1. The molecule has 0 amide bonds. The van der Waals surface area contributed by atoms with E-state index in [9.17, 15) is 0 Å². The van der Waals surface area contributed by atoms with E-state index in [0.717, 1.165) is 13.0 Å². The van der Waals surface area contributed by atoms with E-state index >= 15 is 0 Å². The second-order valence-corrected chi connectivity index (χ2v) is 5.33. The minimum absolute atomic E-state index is 0.233. The average molecular weight is 244 g/mol. The van der Waals surface area contributed by atoms with Crippen LogP contribution >= 0.6 is 23.2 Å². The van der Waals surface area contributed by atoms with Crippen LogP contribution in [0.25, 0.3) is 0 Å². The Morgan fingerprint density at radius 3 is 2.73 bits per heavy atom. The molecule has 3 heteroatoms. The van der Waals surface area contributed by atoms with Gasteiger partial charge in [-0.25, -0.2) is 0 Å². The van der Waals surface area contributed by atoms with Crippen LogP contribution in [-0.4, -0.2) is 12.1 Å². The highest BCUT2D eigenvalue weighted by Gasteiger charge is 2.27. The third kappa shape index (κ3) is 2.66. The lowest BCUT2D eigenvalue weighted by molar-refractivity contribution is 0.412. The van der Waals surface area contributed by atoms with E-state index in [2.05, 4.69) is 18.3 Å². The summed E-state index contributed by atoms with van der Waals surface area (Å²) < 4.78 is 0. The monoisotopic (exact) mass is 243 g/mol. The summed E-state index contributed by atoms with van der Waals surface area (Å²) in [7, 11) is 0. The minimum atomic E-state index is 0.233. The quantitative estimate of drug-likeness (QED) is 0.836. The maximum absolute atomic E-state index is 5.99. The molecule has 1 N–H and O–H groups in total. The lowest BCUT2D eigenvalue weighted by Gasteiger charge is -2.24. The second-order valence-electron chi connectivity index (χ2n) is 4.52. The third-order valence-corrected chi connectivity index (χ3v) is 3.77. The predicted molar refractivity (Wildman–Crippen MR) is 65.8 cm³/mol. The van der Waals surface area contributed by atoms with Crippen LogP contribution < -0.4 is 5.32 Å². The van der Waals surface area contributed by atoms with Gasteiger partial charge in [0.15, 0.2) is 0 Å². The molecule has 1 atom stereocenters. The van der Waals surface area contributed by atoms with Crippen molar-refractivity contribution in [2.45, 2.75) is 31.7 Å². The second kappa shape index (κ2) is 4.32. The lowest BCUT2D eigenvalue weighted by Crippen LogP contribution is -2.38. The Hall–Kier alpha value is -0.240. The van der Waals surface area contributed by atoms with Gasteiger partial charge < -0.3 is 5.32 Å². The molecule has 1 nitrogen and oxygen atoms in total. The normalized spacial score (nSPS) is 25.8. The highest BCUT2D eigenvalue weighted by molar-refractivity contribution is 6.42. The van der Waals surface area contributed by atoms with E-state index in [4.69, 9.17) is 23.2 Å². The highest BCUT2D eigenvalue weighted by atomic mass is 35.5. The van der Waals surface area contributed by atoms with Crippen LogP contribution in [-0.2, 0) is 6.42 Å². The van der Waals surface area contributed by atoms with E-state index in [-0.39, 0.29) is 5.54 Å². The summed E-state index contributed by atoms with van der Waals surface area (Å²) in [4.78, 5) is 0. The summed E-state index contributed by atoms with van der Waals surface area (Å²) >= 11 is 11.9. The molecule has 0 unspecified atom stereocenters. The van der Waals surface area contributed by atoms with Crippen LogP contribution in [0.2, 0.25) is 10.0 Å². The van der Waals surface area contributed by atoms with E-state index in [1.165, 1.54) is 18.4 Å². The molecule has 82 valence electrons. The highest BCUT2D eigenvalue weighted by Crippen LogP contribution is 2.27. The molecule has 0 spiro atoms. The maximum Gasteiger partial charge on any atom is 0.0595 e. The van der Waals surface area contributed by atoms with Crippen LogP contribution in [0, 0.1) is 0 Å². The first-order chi connectivity index (χ1) is 7.09. The largest absolute Gasteiger partial charge is 0.311 e. The van der Waals surface area contributed by atoms with Gasteiger partial charge in [-0.2, -0.15) is 0 Å². The molecule has 1 saturated heterocycles. The van der Waals surface area contributed by atoms with Crippen molar-refractivity contribution in [3.05, 3.63) is 33.8 Å². The van der Waals surface area contributed by atoms with E-state index in [1.54, 1.807) is 0 Å². The van der Waals surface area contributed by atoms with Crippen molar-refractivity contribution in [2.75, 3.05) is 6.54 Å². The molecule has 1 aliphatic heterocycles. The van der Waals surface area contributed by atoms with Crippen molar-refractivity contribution in [2.24, 2.45) is 0 Å².